The van der Waals surface area contributed by atoms with E-state index in [2.05, 4.69) is 32.7 Å². The Bertz CT molecular complexity index is 1530. The molecular formula is C31H33BrFN3O3. The maximum absolute atomic E-state index is 14.0. The molecule has 1 N–H and O–H groups in total. The summed E-state index contributed by atoms with van der Waals surface area (Å²) in [4.78, 5) is 13.2. The van der Waals surface area contributed by atoms with Crippen molar-refractivity contribution in [3.63, 3.8) is 0 Å². The van der Waals surface area contributed by atoms with Gasteiger partial charge in [-0.1, -0.05) is 22.0 Å². The third-order valence-corrected chi connectivity index (χ3v) is 8.77. The average molecular weight is 595 g/mol. The molecule has 1 aliphatic heterocycles. The molecule has 6 nitrogen and oxygen atoms in total. The van der Waals surface area contributed by atoms with E-state index in [1.807, 2.05) is 25.1 Å². The summed E-state index contributed by atoms with van der Waals surface area (Å²) < 4.78 is 24.4. The summed E-state index contributed by atoms with van der Waals surface area (Å²) >= 11 is 3.34. The number of aliphatic hydroxyl groups excluding tert-OH is 1. The van der Waals surface area contributed by atoms with Crippen LogP contribution >= 0.6 is 15.9 Å². The monoisotopic (exact) mass is 593 g/mol. The molecule has 2 fully saturated rings. The second-order valence-electron chi connectivity index (χ2n) is 10.9. The Morgan fingerprint density at radius 1 is 1.03 bits per heavy atom. The molecule has 0 amide bonds. The van der Waals surface area contributed by atoms with Crippen molar-refractivity contribution in [1.29, 1.82) is 0 Å². The lowest BCUT2D eigenvalue weighted by molar-refractivity contribution is -0.0370. The van der Waals surface area contributed by atoms with Crippen LogP contribution in [0.5, 0.6) is 0 Å². The van der Waals surface area contributed by atoms with Crippen molar-refractivity contribution in [1.82, 2.24) is 14.3 Å². The summed E-state index contributed by atoms with van der Waals surface area (Å²) in [6, 6.07) is 14.3. The molecule has 1 aliphatic carbocycles. The molecule has 0 bridgehead atoms. The van der Waals surface area contributed by atoms with Crippen LogP contribution in [0.15, 0.2) is 64.0 Å². The Morgan fingerprint density at radius 3 is 2.54 bits per heavy atom. The topological polar surface area (TPSA) is 69.3 Å². The van der Waals surface area contributed by atoms with Crippen LogP contribution in [-0.4, -0.2) is 32.2 Å². The zero-order valence-electron chi connectivity index (χ0n) is 22.0. The summed E-state index contributed by atoms with van der Waals surface area (Å²) in [5.74, 6) is -0.0536. The fourth-order valence-electron chi connectivity index (χ4n) is 6.10. The Kier molecular flexibility index (Phi) is 7.44. The van der Waals surface area contributed by atoms with Gasteiger partial charge in [0.2, 0.25) is 0 Å². The van der Waals surface area contributed by atoms with Crippen LogP contribution in [0.4, 0.5) is 4.39 Å². The Balaban J connectivity index is 1.37. The van der Waals surface area contributed by atoms with Crippen LogP contribution in [0.1, 0.15) is 81.3 Å². The molecule has 8 heteroatoms. The third-order valence-electron chi connectivity index (χ3n) is 8.31. The van der Waals surface area contributed by atoms with Gasteiger partial charge in [-0.25, -0.2) is 9.07 Å². The number of rotatable bonds is 5. The quantitative estimate of drug-likeness (QED) is 0.268. The average Bonchev–Trinajstić information content (AvgIpc) is 3.32. The predicted octanol–water partition coefficient (Wildman–Crippen LogP) is 7.09. The first kappa shape index (κ1) is 26.4. The third kappa shape index (κ3) is 5.34. The van der Waals surface area contributed by atoms with Gasteiger partial charge in [0.15, 0.2) is 6.23 Å². The summed E-state index contributed by atoms with van der Waals surface area (Å²) in [6.45, 7) is 2.64. The zero-order chi connectivity index (χ0) is 27.1. The minimum atomic E-state index is -0.341. The number of nitrogens with zero attached hydrogens (tertiary/aromatic N) is 3. The normalized spacial score (nSPS) is 22.7. The lowest BCUT2D eigenvalue weighted by atomic mass is 9.84. The van der Waals surface area contributed by atoms with Gasteiger partial charge in [0.25, 0.3) is 5.56 Å². The molecule has 0 unspecified atom stereocenters. The fourth-order valence-corrected chi connectivity index (χ4v) is 6.58. The number of ether oxygens (including phenoxy) is 1. The van der Waals surface area contributed by atoms with Crippen molar-refractivity contribution < 1.29 is 14.2 Å². The lowest BCUT2D eigenvalue weighted by Crippen LogP contribution is -2.22. The van der Waals surface area contributed by atoms with Crippen LogP contribution in [0.2, 0.25) is 0 Å². The molecule has 2 atom stereocenters. The van der Waals surface area contributed by atoms with Gasteiger partial charge in [0.1, 0.15) is 5.82 Å². The highest BCUT2D eigenvalue weighted by Crippen LogP contribution is 2.39. The molecule has 2 aliphatic rings. The molecule has 2 aromatic heterocycles. The Hall–Kier alpha value is -2.81. The van der Waals surface area contributed by atoms with E-state index in [0.29, 0.717) is 4.47 Å². The first-order valence-electron chi connectivity index (χ1n) is 13.9. The minimum absolute atomic E-state index is 0.0664. The molecule has 0 spiro atoms. The highest BCUT2D eigenvalue weighted by atomic mass is 79.9. The van der Waals surface area contributed by atoms with E-state index in [9.17, 15) is 14.3 Å². The van der Waals surface area contributed by atoms with Crippen molar-refractivity contribution in [2.75, 3.05) is 6.61 Å². The molecule has 3 heterocycles. The molecule has 6 rings (SSSR count). The van der Waals surface area contributed by atoms with Gasteiger partial charge in [-0.2, -0.15) is 5.10 Å². The summed E-state index contributed by atoms with van der Waals surface area (Å²) in [6.07, 6.45) is 8.03. The van der Waals surface area contributed by atoms with Crippen LogP contribution < -0.4 is 5.56 Å². The molecular weight excluding hydrogens is 561 g/mol. The number of aliphatic hydroxyl groups is 1. The van der Waals surface area contributed by atoms with E-state index < -0.39 is 0 Å². The van der Waals surface area contributed by atoms with E-state index in [-0.39, 0.29) is 35.7 Å². The van der Waals surface area contributed by atoms with Crippen LogP contribution in [0.25, 0.3) is 22.0 Å². The number of hydrogen-bond donors (Lipinski definition) is 1. The number of hydrogen-bond acceptors (Lipinski definition) is 4. The van der Waals surface area contributed by atoms with Crippen molar-refractivity contribution in [2.45, 2.75) is 76.2 Å². The SMILES string of the molecule is C[C@H](c1cc(F)cc(Br)c1)n1ccc(-c2ccc3c(c2)c(C2CCC(O)CC2)nn3[C@H]2CCCCO2)cc1=O. The largest absolute Gasteiger partial charge is 0.393 e. The van der Waals surface area contributed by atoms with E-state index in [1.165, 1.54) is 12.1 Å². The minimum Gasteiger partial charge on any atom is -0.393 e. The summed E-state index contributed by atoms with van der Waals surface area (Å²) in [5, 5.41) is 16.3. The molecule has 4 aromatic rings. The van der Waals surface area contributed by atoms with Gasteiger partial charge in [0.05, 0.1) is 23.4 Å². The molecule has 39 heavy (non-hydrogen) atoms. The standard InChI is InChI=1S/C31H33BrFN3O3/c1-19(23-14-24(32)18-25(33)15-23)35-12-11-22(17-29(35)38)21-7-10-28-27(16-21)31(20-5-8-26(37)9-6-20)34-36(28)30-4-2-3-13-39-30/h7,10-12,14-20,26,30,37H,2-6,8-9,13H2,1H3/t19-,20?,26?,30-/m1/s1. The van der Waals surface area contributed by atoms with Gasteiger partial charge >= 0.3 is 0 Å². The summed E-state index contributed by atoms with van der Waals surface area (Å²) in [7, 11) is 0. The van der Waals surface area contributed by atoms with E-state index in [1.54, 1.807) is 16.8 Å². The smallest absolute Gasteiger partial charge is 0.251 e. The maximum atomic E-state index is 14.0. The van der Waals surface area contributed by atoms with Gasteiger partial charge in [-0.15, -0.1) is 0 Å². The van der Waals surface area contributed by atoms with E-state index in [4.69, 9.17) is 9.84 Å². The zero-order valence-corrected chi connectivity index (χ0v) is 23.6. The second-order valence-corrected chi connectivity index (χ2v) is 11.8. The highest BCUT2D eigenvalue weighted by molar-refractivity contribution is 9.10. The van der Waals surface area contributed by atoms with Crippen LogP contribution in [0.3, 0.4) is 0 Å². The first-order valence-corrected chi connectivity index (χ1v) is 14.7. The number of aromatic nitrogens is 3. The Labute approximate surface area is 235 Å². The van der Waals surface area contributed by atoms with Crippen molar-refractivity contribution in [3.05, 3.63) is 86.6 Å². The van der Waals surface area contributed by atoms with Gasteiger partial charge in [-0.3, -0.25) is 4.79 Å². The maximum Gasteiger partial charge on any atom is 0.251 e. The van der Waals surface area contributed by atoms with Crippen molar-refractivity contribution >= 4 is 26.8 Å². The first-order chi connectivity index (χ1) is 18.9. The second kappa shape index (κ2) is 11.0. The number of fused-ring (bicyclic) bond motifs is 1. The van der Waals surface area contributed by atoms with Crippen LogP contribution in [-0.2, 0) is 4.74 Å². The Morgan fingerprint density at radius 2 is 1.82 bits per heavy atom. The predicted molar refractivity (Wildman–Crippen MR) is 153 cm³/mol. The molecule has 204 valence electrons. The van der Waals surface area contributed by atoms with E-state index >= 15 is 0 Å². The van der Waals surface area contributed by atoms with Gasteiger partial charge in [-0.05, 0) is 105 Å². The molecule has 2 aromatic carbocycles. The van der Waals surface area contributed by atoms with Crippen molar-refractivity contribution in [2.24, 2.45) is 0 Å². The van der Waals surface area contributed by atoms with Gasteiger partial charge in [0, 0.05) is 34.6 Å². The van der Waals surface area contributed by atoms with E-state index in [0.717, 1.165) is 84.8 Å². The lowest BCUT2D eigenvalue weighted by Gasteiger charge is -2.25. The van der Waals surface area contributed by atoms with Gasteiger partial charge < -0.3 is 14.4 Å². The van der Waals surface area contributed by atoms with Crippen molar-refractivity contribution in [3.8, 4) is 11.1 Å². The number of benzene rings is 2. The highest BCUT2D eigenvalue weighted by Gasteiger charge is 2.28. The summed E-state index contributed by atoms with van der Waals surface area (Å²) in [5.41, 5.74) is 4.47. The fraction of sp³-hybridized carbons (Fsp3) is 0.419. The number of halogens is 2. The molecule has 1 saturated heterocycles. The molecule has 1 saturated carbocycles. The van der Waals surface area contributed by atoms with Crippen LogP contribution in [0, 0.1) is 5.82 Å². The number of pyridine rings is 1. The molecule has 0 radical (unpaired) electrons.